The Hall–Kier alpha value is -2.14. The van der Waals surface area contributed by atoms with Gasteiger partial charge in [0.15, 0.2) is 11.6 Å². The summed E-state index contributed by atoms with van der Waals surface area (Å²) in [5.74, 6) is -4.69. The third-order valence-corrected chi connectivity index (χ3v) is 4.44. The lowest BCUT2D eigenvalue weighted by Gasteiger charge is -2.36. The van der Waals surface area contributed by atoms with Crippen LogP contribution in [0.1, 0.15) is 36.6 Å². The molecule has 1 aliphatic heterocycles. The lowest BCUT2D eigenvalue weighted by atomic mass is 9.97. The van der Waals surface area contributed by atoms with Crippen LogP contribution >= 0.6 is 0 Å². The zero-order chi connectivity index (χ0) is 19.9. The molecule has 0 saturated carbocycles. The van der Waals surface area contributed by atoms with Crippen molar-refractivity contribution in [3.63, 3.8) is 0 Å². The summed E-state index contributed by atoms with van der Waals surface area (Å²) in [6.07, 6.45) is -5.59. The van der Waals surface area contributed by atoms with Gasteiger partial charge in [-0.2, -0.15) is 13.2 Å². The number of fused-ring (bicyclic) bond motifs is 1. The van der Waals surface area contributed by atoms with Crippen molar-refractivity contribution in [2.45, 2.75) is 44.8 Å². The van der Waals surface area contributed by atoms with E-state index in [1.807, 2.05) is 0 Å². The van der Waals surface area contributed by atoms with Gasteiger partial charge < -0.3 is 9.67 Å². The number of hydrogen-bond acceptors (Lipinski definition) is 4. The molecule has 148 valence electrons. The smallest absolute Gasteiger partial charge is 0.393 e. The summed E-state index contributed by atoms with van der Waals surface area (Å²) in [5, 5.41) is 16.4. The SMILES string of the molecule is CC(O)C[C@@H](c1cc(F)c(F)cc1F)N1CCn2c(nnc2C(F)(F)F)C1. The Morgan fingerprint density at radius 1 is 1.07 bits per heavy atom. The Kier molecular flexibility index (Phi) is 5.17. The predicted molar refractivity (Wildman–Crippen MR) is 80.8 cm³/mol. The molecule has 0 fully saturated rings. The van der Waals surface area contributed by atoms with Gasteiger partial charge in [0, 0.05) is 30.8 Å². The molecule has 11 heteroatoms. The van der Waals surface area contributed by atoms with Gasteiger partial charge in [-0.1, -0.05) is 0 Å². The van der Waals surface area contributed by atoms with Crippen LogP contribution in [-0.4, -0.2) is 37.4 Å². The highest BCUT2D eigenvalue weighted by Gasteiger charge is 2.40. The van der Waals surface area contributed by atoms with Gasteiger partial charge in [0.2, 0.25) is 5.82 Å². The Balaban J connectivity index is 1.94. The van der Waals surface area contributed by atoms with Gasteiger partial charge in [-0.25, -0.2) is 13.2 Å². The molecule has 1 unspecified atom stereocenters. The lowest BCUT2D eigenvalue weighted by molar-refractivity contribution is -0.148. The largest absolute Gasteiger partial charge is 0.451 e. The Labute approximate surface area is 150 Å². The zero-order valence-corrected chi connectivity index (χ0v) is 14.1. The Morgan fingerprint density at radius 2 is 1.74 bits per heavy atom. The normalized spacial score (nSPS) is 17.6. The van der Waals surface area contributed by atoms with Gasteiger partial charge in [-0.05, 0) is 19.4 Å². The van der Waals surface area contributed by atoms with Gasteiger partial charge in [0.05, 0.1) is 12.6 Å². The standard InChI is InChI=1S/C16H16F6N4O/c1-8(27)4-13(9-5-11(18)12(19)6-10(9)17)25-2-3-26-14(7-25)23-24-15(26)16(20,21)22/h5-6,8,13,27H,2-4,7H2,1H3/t8?,13-/m0/s1. The van der Waals surface area contributed by atoms with E-state index < -0.39 is 41.6 Å². The molecule has 3 rings (SSSR count). The number of rotatable bonds is 4. The van der Waals surface area contributed by atoms with Gasteiger partial charge in [-0.3, -0.25) is 4.90 Å². The molecule has 1 aromatic carbocycles. The van der Waals surface area contributed by atoms with Crippen molar-refractivity contribution in [3.05, 3.63) is 46.8 Å². The van der Waals surface area contributed by atoms with E-state index in [1.165, 1.54) is 6.92 Å². The molecule has 1 aliphatic rings. The number of nitrogens with zero attached hydrogens (tertiary/aromatic N) is 4. The molecule has 2 aromatic rings. The minimum atomic E-state index is -4.65. The molecule has 1 aromatic heterocycles. The Bertz CT molecular complexity index is 835. The first kappa shape index (κ1) is 19.6. The molecule has 0 spiro atoms. The maximum absolute atomic E-state index is 14.2. The Morgan fingerprint density at radius 3 is 2.37 bits per heavy atom. The average Bonchev–Trinajstić information content (AvgIpc) is 2.99. The number of halogens is 6. The quantitative estimate of drug-likeness (QED) is 0.640. The molecule has 0 bridgehead atoms. The second kappa shape index (κ2) is 7.12. The van der Waals surface area contributed by atoms with Crippen molar-refractivity contribution in [2.24, 2.45) is 0 Å². The van der Waals surface area contributed by atoms with Crippen molar-refractivity contribution in [2.75, 3.05) is 6.54 Å². The topological polar surface area (TPSA) is 54.2 Å². The highest BCUT2D eigenvalue weighted by Crippen LogP contribution is 2.34. The highest BCUT2D eigenvalue weighted by atomic mass is 19.4. The van der Waals surface area contributed by atoms with Gasteiger partial charge in [0.25, 0.3) is 0 Å². The fourth-order valence-electron chi connectivity index (χ4n) is 3.24. The van der Waals surface area contributed by atoms with E-state index in [0.717, 1.165) is 4.57 Å². The van der Waals surface area contributed by atoms with Crippen LogP contribution in [0.15, 0.2) is 12.1 Å². The van der Waals surface area contributed by atoms with Crippen LogP contribution in [0.2, 0.25) is 0 Å². The van der Waals surface area contributed by atoms with E-state index in [4.69, 9.17) is 0 Å². The van der Waals surface area contributed by atoms with Crippen molar-refractivity contribution < 1.29 is 31.4 Å². The van der Waals surface area contributed by atoms with Crippen LogP contribution in [-0.2, 0) is 19.3 Å². The van der Waals surface area contributed by atoms with E-state index in [0.29, 0.717) is 12.1 Å². The van der Waals surface area contributed by atoms with E-state index >= 15 is 0 Å². The van der Waals surface area contributed by atoms with Crippen molar-refractivity contribution >= 4 is 0 Å². The number of hydrogen-bond donors (Lipinski definition) is 1. The van der Waals surface area contributed by atoms with Crippen LogP contribution in [0.5, 0.6) is 0 Å². The molecule has 27 heavy (non-hydrogen) atoms. The van der Waals surface area contributed by atoms with E-state index in [2.05, 4.69) is 10.2 Å². The zero-order valence-electron chi connectivity index (χ0n) is 14.1. The summed E-state index contributed by atoms with van der Waals surface area (Å²) in [5.41, 5.74) is -0.182. The number of benzene rings is 1. The van der Waals surface area contributed by atoms with E-state index in [9.17, 15) is 31.4 Å². The molecular weight excluding hydrogens is 378 g/mol. The fourth-order valence-corrected chi connectivity index (χ4v) is 3.24. The van der Waals surface area contributed by atoms with Gasteiger partial charge in [0.1, 0.15) is 11.6 Å². The average molecular weight is 394 g/mol. The summed E-state index contributed by atoms with van der Waals surface area (Å²) < 4.78 is 80.9. The molecule has 0 radical (unpaired) electrons. The van der Waals surface area contributed by atoms with Crippen molar-refractivity contribution in [1.82, 2.24) is 19.7 Å². The highest BCUT2D eigenvalue weighted by molar-refractivity contribution is 5.24. The molecule has 0 aliphatic carbocycles. The molecular formula is C16H16F6N4O. The molecule has 0 amide bonds. The molecule has 0 saturated heterocycles. The fraction of sp³-hybridized carbons (Fsp3) is 0.500. The molecule has 2 heterocycles. The number of alkyl halides is 3. The maximum atomic E-state index is 14.2. The predicted octanol–water partition coefficient (Wildman–Crippen LogP) is 3.04. The number of aliphatic hydroxyl groups is 1. The molecule has 5 nitrogen and oxygen atoms in total. The van der Waals surface area contributed by atoms with Crippen molar-refractivity contribution in [3.8, 4) is 0 Å². The maximum Gasteiger partial charge on any atom is 0.451 e. The lowest BCUT2D eigenvalue weighted by Crippen LogP contribution is -2.39. The minimum absolute atomic E-state index is 0.0205. The second-order valence-electron chi connectivity index (χ2n) is 6.45. The van der Waals surface area contributed by atoms with Crippen LogP contribution < -0.4 is 0 Å². The van der Waals surface area contributed by atoms with Gasteiger partial charge in [-0.15, -0.1) is 10.2 Å². The first-order valence-corrected chi connectivity index (χ1v) is 8.13. The third kappa shape index (κ3) is 3.93. The summed E-state index contributed by atoms with van der Waals surface area (Å²) >= 11 is 0. The molecule has 1 N–H and O–H groups in total. The summed E-state index contributed by atoms with van der Waals surface area (Å²) in [4.78, 5) is 1.56. The van der Waals surface area contributed by atoms with E-state index in [-0.39, 0.29) is 37.4 Å². The van der Waals surface area contributed by atoms with Gasteiger partial charge >= 0.3 is 6.18 Å². The summed E-state index contributed by atoms with van der Waals surface area (Å²) in [6.45, 7) is 1.28. The minimum Gasteiger partial charge on any atom is -0.393 e. The van der Waals surface area contributed by atoms with Crippen LogP contribution in [0.25, 0.3) is 0 Å². The van der Waals surface area contributed by atoms with Crippen LogP contribution in [0, 0.1) is 17.5 Å². The first-order valence-electron chi connectivity index (χ1n) is 8.13. The van der Waals surface area contributed by atoms with Crippen molar-refractivity contribution in [1.29, 1.82) is 0 Å². The monoisotopic (exact) mass is 394 g/mol. The van der Waals surface area contributed by atoms with Crippen LogP contribution in [0.4, 0.5) is 26.3 Å². The number of aliphatic hydroxyl groups excluding tert-OH is 1. The van der Waals surface area contributed by atoms with Crippen LogP contribution in [0.3, 0.4) is 0 Å². The third-order valence-electron chi connectivity index (χ3n) is 4.44. The summed E-state index contributed by atoms with van der Waals surface area (Å²) in [6, 6.07) is 0.242. The van der Waals surface area contributed by atoms with E-state index in [1.54, 1.807) is 4.90 Å². The molecule has 2 atom stereocenters. The number of aromatic nitrogens is 3. The second-order valence-corrected chi connectivity index (χ2v) is 6.45. The summed E-state index contributed by atoms with van der Waals surface area (Å²) in [7, 11) is 0. The first-order chi connectivity index (χ1) is 12.6.